The van der Waals surface area contributed by atoms with Crippen LogP contribution < -0.4 is 24.8 Å². The molecule has 2 aliphatic rings. The minimum atomic E-state index is -0.931. The number of benzene rings is 2. The van der Waals surface area contributed by atoms with Crippen molar-refractivity contribution in [3.8, 4) is 0 Å². The molecule has 0 unspecified atom stereocenters. The first-order valence-electron chi connectivity index (χ1n) is 14.7. The van der Waals surface area contributed by atoms with E-state index in [-0.39, 0.29) is 46.5 Å². The van der Waals surface area contributed by atoms with Gasteiger partial charge < -0.3 is 24.8 Å². The van der Waals surface area contributed by atoms with E-state index in [0.717, 1.165) is 12.8 Å². The van der Waals surface area contributed by atoms with Gasteiger partial charge in [0.05, 0.1) is 0 Å². The standard InChI is InChI=1S/2C19H25.2ClH.Zr/c2*1-18(2,3)16-11-15(14-9-7-8-10-14)12-17(13-16)19(4,5)6;;;/h2*7,9,11-13H,8H2,1-6H3;2*1H;/q;;;;+2/p-2. The summed E-state index contributed by atoms with van der Waals surface area (Å²) in [6.07, 6.45) is 11.9. The summed E-state index contributed by atoms with van der Waals surface area (Å²) in [5.74, 6) is 0. The Morgan fingerprint density at radius 3 is 0.951 bits per heavy atom. The van der Waals surface area contributed by atoms with Crippen LogP contribution in [0.25, 0.3) is 11.1 Å². The molecule has 0 radical (unpaired) electrons. The van der Waals surface area contributed by atoms with Crippen molar-refractivity contribution in [3.63, 3.8) is 0 Å². The summed E-state index contributed by atoms with van der Waals surface area (Å²) < 4.78 is 3.45. The first-order valence-corrected chi connectivity index (χ1v) is 17.2. The molecule has 0 amide bonds. The maximum Gasteiger partial charge on any atom is -1.00 e. The molecule has 0 saturated carbocycles. The Bertz CT molecular complexity index is 1220. The molecule has 4 rings (SSSR count). The van der Waals surface area contributed by atoms with Gasteiger partial charge in [0.1, 0.15) is 0 Å². The summed E-state index contributed by atoms with van der Waals surface area (Å²) in [5, 5.41) is 0. The van der Waals surface area contributed by atoms with Gasteiger partial charge in [-0.25, -0.2) is 0 Å². The molecule has 0 aliphatic heterocycles. The Labute approximate surface area is 275 Å². The predicted molar refractivity (Wildman–Crippen MR) is 169 cm³/mol. The number of rotatable bonds is 4. The molecule has 0 heterocycles. The normalized spacial score (nSPS) is 15.7. The molecule has 2 aliphatic carbocycles. The molecule has 0 atom stereocenters. The van der Waals surface area contributed by atoms with Crippen LogP contribution in [0.5, 0.6) is 0 Å². The number of hydrogen-bond donors (Lipinski definition) is 0. The Kier molecular flexibility index (Phi) is 11.3. The Hall–Kier alpha value is -1.14. The average Bonchev–Trinajstić information content (AvgIpc) is 3.46. The van der Waals surface area contributed by atoms with E-state index in [9.17, 15) is 0 Å². The van der Waals surface area contributed by atoms with Gasteiger partial charge in [-0.2, -0.15) is 0 Å². The number of allylic oxidation sites excluding steroid dienone is 8. The smallest absolute Gasteiger partial charge is 1.00 e. The van der Waals surface area contributed by atoms with Gasteiger partial charge in [0.25, 0.3) is 0 Å². The van der Waals surface area contributed by atoms with Crippen LogP contribution in [0.15, 0.2) is 67.3 Å². The van der Waals surface area contributed by atoms with Gasteiger partial charge >= 0.3 is 253 Å². The SMILES string of the molecule is CC(C)(C)c1cc(C2=[C]([Zr+2][C]3=C(c4cc(C(C)(C)C)cc(C(C)(C)C)c4)C=CC3)CC=C2)cc(C(C)(C)C)c1.[Cl-].[Cl-]. The van der Waals surface area contributed by atoms with E-state index < -0.39 is 23.2 Å². The second-order valence-corrected chi connectivity index (χ2v) is 19.3. The monoisotopic (exact) mass is 666 g/mol. The van der Waals surface area contributed by atoms with Crippen LogP contribution in [0.4, 0.5) is 0 Å². The molecular formula is C38H50Cl2Zr. The maximum atomic E-state index is 2.48. The number of halogens is 2. The van der Waals surface area contributed by atoms with E-state index in [1.54, 1.807) is 6.56 Å². The Balaban J connectivity index is 0.00000294. The van der Waals surface area contributed by atoms with Crippen molar-refractivity contribution in [2.45, 2.75) is 118 Å². The van der Waals surface area contributed by atoms with E-state index in [1.165, 1.54) is 44.5 Å². The molecule has 2 aromatic rings. The molecule has 2 aromatic carbocycles. The first kappa shape index (κ1) is 36.1. The van der Waals surface area contributed by atoms with Crippen LogP contribution >= 0.6 is 0 Å². The second kappa shape index (κ2) is 12.8. The minimum Gasteiger partial charge on any atom is -1.00 e. The molecule has 41 heavy (non-hydrogen) atoms. The maximum absolute atomic E-state index is 2.48. The van der Waals surface area contributed by atoms with Crippen LogP contribution in [0.1, 0.15) is 129 Å². The molecule has 0 bridgehead atoms. The van der Waals surface area contributed by atoms with Gasteiger partial charge in [0.15, 0.2) is 0 Å². The fraction of sp³-hybridized carbons (Fsp3) is 0.474. The summed E-state index contributed by atoms with van der Waals surface area (Å²) in [5.41, 5.74) is 12.2. The zero-order valence-corrected chi connectivity index (χ0v) is 31.4. The van der Waals surface area contributed by atoms with Gasteiger partial charge in [0, 0.05) is 0 Å². The average molecular weight is 669 g/mol. The van der Waals surface area contributed by atoms with Crippen LogP contribution in [-0.4, -0.2) is 0 Å². The van der Waals surface area contributed by atoms with Crippen molar-refractivity contribution < 1.29 is 48.0 Å². The molecule has 0 N–H and O–H groups in total. The zero-order valence-electron chi connectivity index (χ0n) is 27.4. The molecule has 0 fully saturated rings. The third kappa shape index (κ3) is 8.49. The fourth-order valence-corrected chi connectivity index (χ4v) is 9.03. The van der Waals surface area contributed by atoms with Crippen molar-refractivity contribution in [2.75, 3.05) is 0 Å². The van der Waals surface area contributed by atoms with Crippen LogP contribution in [0.2, 0.25) is 0 Å². The third-order valence-corrected chi connectivity index (χ3v) is 11.9. The quantitative estimate of drug-likeness (QED) is 0.430. The molecule has 3 heteroatoms. The van der Waals surface area contributed by atoms with E-state index in [4.69, 9.17) is 0 Å². The molecule has 0 spiro atoms. The molecular weight excluding hydrogens is 619 g/mol. The third-order valence-electron chi connectivity index (χ3n) is 8.12. The summed E-state index contributed by atoms with van der Waals surface area (Å²) in [7, 11) is 0. The topological polar surface area (TPSA) is 0 Å². The largest absolute Gasteiger partial charge is 1.00 e. The number of hydrogen-bond acceptors (Lipinski definition) is 0. The summed E-state index contributed by atoms with van der Waals surface area (Å²) in [4.78, 5) is 0. The first-order chi connectivity index (χ1) is 17.8. The predicted octanol–water partition coefficient (Wildman–Crippen LogP) is 5.01. The van der Waals surface area contributed by atoms with Crippen molar-refractivity contribution in [3.05, 3.63) is 101 Å². The Morgan fingerprint density at radius 1 is 0.439 bits per heavy atom. The minimum absolute atomic E-state index is 0. The Morgan fingerprint density at radius 2 is 0.707 bits per heavy atom. The fourth-order valence-electron chi connectivity index (χ4n) is 5.27. The van der Waals surface area contributed by atoms with E-state index >= 15 is 0 Å². The van der Waals surface area contributed by atoms with Crippen LogP contribution in [0.3, 0.4) is 0 Å². The van der Waals surface area contributed by atoms with E-state index in [0.29, 0.717) is 0 Å². The van der Waals surface area contributed by atoms with Crippen LogP contribution in [0, 0.1) is 0 Å². The summed E-state index contributed by atoms with van der Waals surface area (Å²) >= 11 is -0.931. The van der Waals surface area contributed by atoms with Crippen LogP contribution in [-0.2, 0) is 44.9 Å². The van der Waals surface area contributed by atoms with Crippen molar-refractivity contribution >= 4 is 11.1 Å². The van der Waals surface area contributed by atoms with Crippen molar-refractivity contribution in [1.82, 2.24) is 0 Å². The van der Waals surface area contributed by atoms with Gasteiger partial charge in [-0.1, -0.05) is 0 Å². The molecule has 0 aromatic heterocycles. The van der Waals surface area contributed by atoms with Crippen molar-refractivity contribution in [1.29, 1.82) is 0 Å². The van der Waals surface area contributed by atoms with Gasteiger partial charge in [-0.15, -0.1) is 0 Å². The summed E-state index contributed by atoms with van der Waals surface area (Å²) in [6.45, 7) is 28.1. The second-order valence-electron chi connectivity index (χ2n) is 15.7. The molecule has 0 nitrogen and oxygen atoms in total. The van der Waals surface area contributed by atoms with Gasteiger partial charge in [-0.05, 0) is 0 Å². The van der Waals surface area contributed by atoms with Gasteiger partial charge in [-0.3, -0.25) is 0 Å². The molecule has 0 saturated heterocycles. The summed E-state index contributed by atoms with van der Waals surface area (Å²) in [6, 6.07) is 14.8. The van der Waals surface area contributed by atoms with E-state index in [1.807, 2.05) is 0 Å². The van der Waals surface area contributed by atoms with E-state index in [2.05, 4.69) is 144 Å². The molecule has 220 valence electrons. The van der Waals surface area contributed by atoms with Crippen molar-refractivity contribution in [2.24, 2.45) is 0 Å². The zero-order chi connectivity index (χ0) is 29.0. The van der Waals surface area contributed by atoms with Gasteiger partial charge in [0.2, 0.25) is 0 Å².